The lowest BCUT2D eigenvalue weighted by Crippen LogP contribution is -2.02. The van der Waals surface area contributed by atoms with Crippen molar-refractivity contribution in [3.63, 3.8) is 0 Å². The van der Waals surface area contributed by atoms with Crippen LogP contribution < -0.4 is 9.47 Å². The first-order valence-corrected chi connectivity index (χ1v) is 10.6. The van der Waals surface area contributed by atoms with Crippen LogP contribution in [0.2, 0.25) is 0 Å². The maximum Gasteiger partial charge on any atom is 0.129 e. The number of hydrogen-bond donors (Lipinski definition) is 0. The Morgan fingerprint density at radius 1 is 0.862 bits per heavy atom. The van der Waals surface area contributed by atoms with Crippen LogP contribution in [0, 0.1) is 0 Å². The van der Waals surface area contributed by atoms with Crippen LogP contribution in [0.25, 0.3) is 11.3 Å². The van der Waals surface area contributed by atoms with E-state index in [-0.39, 0.29) is 0 Å². The van der Waals surface area contributed by atoms with Crippen LogP contribution in [0.5, 0.6) is 11.5 Å². The molecule has 0 aliphatic carbocycles. The predicted molar refractivity (Wildman–Crippen MR) is 120 cm³/mol. The number of pyridine rings is 1. The molecule has 0 aliphatic rings. The smallest absolute Gasteiger partial charge is 0.129 e. The highest BCUT2D eigenvalue weighted by Crippen LogP contribution is 2.31. The summed E-state index contributed by atoms with van der Waals surface area (Å²) in [6, 6.07) is 16.9. The van der Waals surface area contributed by atoms with Gasteiger partial charge in [0.2, 0.25) is 0 Å². The summed E-state index contributed by atoms with van der Waals surface area (Å²) in [5.74, 6) is 1.67. The minimum atomic E-state index is 0.430. The maximum absolute atomic E-state index is 5.98. The molecule has 3 aromatic rings. The third kappa shape index (κ3) is 4.97. The third-order valence-electron chi connectivity index (χ3n) is 5.28. The summed E-state index contributed by atoms with van der Waals surface area (Å²) >= 11 is 0. The number of ether oxygens (including phenoxy) is 2. The lowest BCUT2D eigenvalue weighted by molar-refractivity contribution is 0.296. The monoisotopic (exact) mass is 389 g/mol. The zero-order valence-corrected chi connectivity index (χ0v) is 18.0. The molecule has 0 spiro atoms. The number of aryl methyl sites for hydroxylation is 3. The Hall–Kier alpha value is -2.81. The van der Waals surface area contributed by atoms with E-state index in [2.05, 4.69) is 51.1 Å². The predicted octanol–water partition coefficient (Wildman–Crippen LogP) is 6.41. The first kappa shape index (κ1) is 20.9. The highest BCUT2D eigenvalue weighted by molar-refractivity contribution is 5.69. The Bertz CT molecular complexity index is 910. The molecule has 3 heteroatoms. The van der Waals surface area contributed by atoms with Gasteiger partial charge in [0, 0.05) is 23.4 Å². The average molecular weight is 390 g/mol. The zero-order valence-electron chi connectivity index (χ0n) is 18.0. The maximum atomic E-state index is 5.98. The molecule has 0 saturated heterocycles. The number of rotatable bonds is 9. The summed E-state index contributed by atoms with van der Waals surface area (Å²) in [6.07, 6.45) is 6.08. The van der Waals surface area contributed by atoms with Crippen LogP contribution >= 0.6 is 0 Å². The molecule has 3 rings (SSSR count). The molecule has 0 N–H and O–H groups in total. The van der Waals surface area contributed by atoms with Gasteiger partial charge in [-0.25, -0.2) is 0 Å². The summed E-state index contributed by atoms with van der Waals surface area (Å²) in [5.41, 5.74) is 7.11. The van der Waals surface area contributed by atoms with Gasteiger partial charge in [0.1, 0.15) is 18.1 Å². The summed E-state index contributed by atoms with van der Waals surface area (Å²) in [7, 11) is 1.70. The number of nitrogens with zero attached hydrogens (tertiary/aromatic N) is 1. The fourth-order valence-electron chi connectivity index (χ4n) is 3.67. The van der Waals surface area contributed by atoms with Crippen molar-refractivity contribution in [2.45, 2.75) is 53.1 Å². The highest BCUT2D eigenvalue weighted by Gasteiger charge is 2.13. The molecule has 0 aliphatic heterocycles. The second-order valence-electron chi connectivity index (χ2n) is 7.22. The fourth-order valence-corrected chi connectivity index (χ4v) is 3.67. The molecule has 0 unspecified atom stereocenters. The number of benzene rings is 2. The van der Waals surface area contributed by atoms with Gasteiger partial charge in [0.15, 0.2) is 0 Å². The van der Waals surface area contributed by atoms with Crippen molar-refractivity contribution in [1.29, 1.82) is 0 Å². The highest BCUT2D eigenvalue weighted by atomic mass is 16.5. The minimum Gasteiger partial charge on any atom is -0.496 e. The molecule has 0 amide bonds. The van der Waals surface area contributed by atoms with Gasteiger partial charge in [-0.15, -0.1) is 0 Å². The number of methoxy groups -OCH3 is 1. The van der Waals surface area contributed by atoms with Gasteiger partial charge in [-0.3, -0.25) is 4.98 Å². The van der Waals surface area contributed by atoms with E-state index < -0.39 is 0 Å². The quantitative estimate of drug-likeness (QED) is 0.423. The van der Waals surface area contributed by atoms with E-state index in [0.717, 1.165) is 48.4 Å². The number of hydrogen-bond acceptors (Lipinski definition) is 3. The average Bonchev–Trinajstić information content (AvgIpc) is 2.78. The Balaban J connectivity index is 1.83. The van der Waals surface area contributed by atoms with Crippen molar-refractivity contribution in [2.24, 2.45) is 0 Å². The van der Waals surface area contributed by atoms with Crippen LogP contribution in [-0.4, -0.2) is 12.1 Å². The molecule has 152 valence electrons. The van der Waals surface area contributed by atoms with E-state index >= 15 is 0 Å². The van der Waals surface area contributed by atoms with Gasteiger partial charge in [0.25, 0.3) is 0 Å². The lowest BCUT2D eigenvalue weighted by Gasteiger charge is -2.15. The first-order valence-electron chi connectivity index (χ1n) is 10.6. The van der Waals surface area contributed by atoms with E-state index in [1.807, 2.05) is 24.4 Å². The lowest BCUT2D eigenvalue weighted by atomic mass is 9.94. The second kappa shape index (κ2) is 10.1. The molecule has 0 radical (unpaired) electrons. The fraction of sp³-hybridized carbons (Fsp3) is 0.346. The molecule has 1 heterocycles. The van der Waals surface area contributed by atoms with Crippen LogP contribution in [0.15, 0.2) is 54.7 Å². The van der Waals surface area contributed by atoms with Gasteiger partial charge in [-0.05, 0) is 48.1 Å². The molecule has 1 aromatic heterocycles. The Labute approximate surface area is 174 Å². The summed E-state index contributed by atoms with van der Waals surface area (Å²) in [5, 5.41) is 0. The zero-order chi connectivity index (χ0) is 20.6. The van der Waals surface area contributed by atoms with Crippen molar-refractivity contribution < 1.29 is 9.47 Å². The van der Waals surface area contributed by atoms with Gasteiger partial charge in [-0.2, -0.15) is 0 Å². The molecule has 0 bridgehead atoms. The minimum absolute atomic E-state index is 0.430. The van der Waals surface area contributed by atoms with Gasteiger partial charge in [0.05, 0.1) is 12.8 Å². The van der Waals surface area contributed by atoms with Crippen LogP contribution in [-0.2, 0) is 25.9 Å². The summed E-state index contributed by atoms with van der Waals surface area (Å²) in [6.45, 7) is 6.99. The second-order valence-corrected chi connectivity index (χ2v) is 7.22. The van der Waals surface area contributed by atoms with Crippen molar-refractivity contribution in [3.05, 3.63) is 77.0 Å². The standard InChI is InChI=1S/C26H31NO2/c1-5-9-19-12-14-23(15-13-19)29-18-22-17-27-24(16-25(22)28-4)26-20(6-2)10-8-11-21(26)7-3/h8,10-17H,5-7,9,18H2,1-4H3. The van der Waals surface area contributed by atoms with Crippen molar-refractivity contribution in [2.75, 3.05) is 7.11 Å². The molecule has 0 saturated carbocycles. The molecular weight excluding hydrogens is 358 g/mol. The van der Waals surface area contributed by atoms with E-state index in [1.165, 1.54) is 22.3 Å². The van der Waals surface area contributed by atoms with Crippen molar-refractivity contribution in [3.8, 4) is 22.8 Å². The molecule has 0 fully saturated rings. The van der Waals surface area contributed by atoms with Gasteiger partial charge in [-0.1, -0.05) is 57.5 Å². The topological polar surface area (TPSA) is 31.4 Å². The van der Waals surface area contributed by atoms with E-state index in [4.69, 9.17) is 14.5 Å². The number of aromatic nitrogens is 1. The van der Waals surface area contributed by atoms with Crippen molar-refractivity contribution in [1.82, 2.24) is 4.98 Å². The van der Waals surface area contributed by atoms with Crippen LogP contribution in [0.1, 0.15) is 49.4 Å². The van der Waals surface area contributed by atoms with Crippen molar-refractivity contribution >= 4 is 0 Å². The van der Waals surface area contributed by atoms with Crippen LogP contribution in [0.3, 0.4) is 0 Å². The van der Waals surface area contributed by atoms with Crippen LogP contribution in [0.4, 0.5) is 0 Å². The summed E-state index contributed by atoms with van der Waals surface area (Å²) < 4.78 is 11.7. The third-order valence-corrected chi connectivity index (χ3v) is 5.28. The molecule has 0 atom stereocenters. The Morgan fingerprint density at radius 2 is 1.55 bits per heavy atom. The summed E-state index contributed by atoms with van der Waals surface area (Å²) in [4.78, 5) is 4.77. The Morgan fingerprint density at radius 3 is 2.14 bits per heavy atom. The molecule has 29 heavy (non-hydrogen) atoms. The molecule has 3 nitrogen and oxygen atoms in total. The van der Waals surface area contributed by atoms with E-state index in [0.29, 0.717) is 6.61 Å². The largest absolute Gasteiger partial charge is 0.496 e. The van der Waals surface area contributed by atoms with Gasteiger partial charge < -0.3 is 9.47 Å². The van der Waals surface area contributed by atoms with Gasteiger partial charge >= 0.3 is 0 Å². The molecule has 2 aromatic carbocycles. The Kier molecular flexibility index (Phi) is 7.29. The normalized spacial score (nSPS) is 10.8. The SMILES string of the molecule is CCCc1ccc(OCc2cnc(-c3c(CC)cccc3CC)cc2OC)cc1. The van der Waals surface area contributed by atoms with E-state index in [9.17, 15) is 0 Å². The van der Waals surface area contributed by atoms with E-state index in [1.54, 1.807) is 7.11 Å². The molecular formula is C26H31NO2. The first-order chi connectivity index (χ1) is 14.2.